The molecule has 1 aromatic heterocycles. The molecule has 0 amide bonds. The number of benzene rings is 2. The summed E-state index contributed by atoms with van der Waals surface area (Å²) in [7, 11) is 1.76. The quantitative estimate of drug-likeness (QED) is 0.334. The Hall–Kier alpha value is -2.83. The monoisotopic (exact) mass is 441 g/mol. The molecule has 0 saturated heterocycles. The number of nitrogens with zero attached hydrogens (tertiary/aromatic N) is 2. The van der Waals surface area contributed by atoms with E-state index in [1.54, 1.807) is 25.2 Å². The lowest BCUT2D eigenvalue weighted by Gasteiger charge is -2.15. The number of nitrogens with one attached hydrogen (secondary N) is 3. The predicted molar refractivity (Wildman–Crippen MR) is 127 cm³/mol. The van der Waals surface area contributed by atoms with Gasteiger partial charge in [-0.05, 0) is 55.5 Å². The summed E-state index contributed by atoms with van der Waals surface area (Å²) in [6.45, 7) is 0. The molecule has 0 saturated carbocycles. The maximum Gasteiger partial charge on any atom is 0.261 e. The molecule has 4 rings (SSSR count). The first-order valence-corrected chi connectivity index (χ1v) is 10.5. The number of aromatic nitrogens is 2. The molecule has 0 unspecified atom stereocenters. The maximum absolute atomic E-state index is 12.9. The van der Waals surface area contributed by atoms with E-state index in [4.69, 9.17) is 28.2 Å². The van der Waals surface area contributed by atoms with Gasteiger partial charge in [-0.1, -0.05) is 35.3 Å². The van der Waals surface area contributed by atoms with Crippen LogP contribution in [-0.2, 0) is 0 Å². The van der Waals surface area contributed by atoms with Crippen molar-refractivity contribution >= 4 is 63.1 Å². The van der Waals surface area contributed by atoms with Gasteiger partial charge in [0.2, 0.25) is 0 Å². The summed E-state index contributed by atoms with van der Waals surface area (Å²) in [5, 5.41) is 7.61. The number of halogens is 2. The Balaban J connectivity index is 1.69. The molecule has 0 spiro atoms. The van der Waals surface area contributed by atoms with Crippen LogP contribution in [0.2, 0.25) is 10.0 Å². The summed E-state index contributed by atoms with van der Waals surface area (Å²) >= 11 is 12.3. The molecule has 6 nitrogen and oxygen atoms in total. The summed E-state index contributed by atoms with van der Waals surface area (Å²) < 4.78 is 0. The van der Waals surface area contributed by atoms with Crippen molar-refractivity contribution in [3.8, 4) is 0 Å². The van der Waals surface area contributed by atoms with Gasteiger partial charge in [-0.2, -0.15) is 0 Å². The average molecular weight is 442 g/mol. The Morgan fingerprint density at radius 1 is 1.17 bits per heavy atom. The summed E-state index contributed by atoms with van der Waals surface area (Å²) in [6, 6.07) is 8.90. The van der Waals surface area contributed by atoms with Crippen LogP contribution in [0.5, 0.6) is 0 Å². The normalized spacial score (nSPS) is 14.2. The van der Waals surface area contributed by atoms with Crippen molar-refractivity contribution in [2.45, 2.75) is 25.7 Å². The van der Waals surface area contributed by atoms with Crippen LogP contribution in [0.3, 0.4) is 0 Å². The number of anilines is 2. The van der Waals surface area contributed by atoms with Gasteiger partial charge in [0.05, 0.1) is 38.7 Å². The molecule has 30 heavy (non-hydrogen) atoms. The van der Waals surface area contributed by atoms with E-state index in [1.165, 1.54) is 12.8 Å². The van der Waals surface area contributed by atoms with Gasteiger partial charge in [0.1, 0.15) is 11.5 Å². The second-order valence-electron chi connectivity index (χ2n) is 6.99. The fourth-order valence-corrected chi connectivity index (χ4v) is 4.09. The molecule has 0 fully saturated rings. The van der Waals surface area contributed by atoms with E-state index in [2.05, 4.69) is 26.7 Å². The summed E-state index contributed by atoms with van der Waals surface area (Å²) in [6.07, 6.45) is 7.93. The zero-order chi connectivity index (χ0) is 21.1. The fourth-order valence-electron chi connectivity index (χ4n) is 3.60. The first kappa shape index (κ1) is 20.4. The van der Waals surface area contributed by atoms with E-state index in [9.17, 15) is 4.79 Å². The second-order valence-corrected chi connectivity index (χ2v) is 7.81. The van der Waals surface area contributed by atoms with Gasteiger partial charge < -0.3 is 15.6 Å². The van der Waals surface area contributed by atoms with Crippen LogP contribution in [0, 0.1) is 0 Å². The number of aromatic amines is 1. The molecule has 1 heterocycles. The second kappa shape index (κ2) is 8.90. The summed E-state index contributed by atoms with van der Waals surface area (Å²) in [5.74, 6) is 0.657. The van der Waals surface area contributed by atoms with Crippen molar-refractivity contribution in [2.75, 3.05) is 17.7 Å². The summed E-state index contributed by atoms with van der Waals surface area (Å²) in [5.41, 5.74) is 3.38. The largest absolute Gasteiger partial charge is 0.386 e. The van der Waals surface area contributed by atoms with Gasteiger partial charge in [-0.3, -0.25) is 4.79 Å². The van der Waals surface area contributed by atoms with Crippen molar-refractivity contribution in [3.63, 3.8) is 0 Å². The van der Waals surface area contributed by atoms with Crippen molar-refractivity contribution in [2.24, 2.45) is 4.99 Å². The van der Waals surface area contributed by atoms with E-state index >= 15 is 0 Å². The maximum atomic E-state index is 12.9. The van der Waals surface area contributed by atoms with Crippen LogP contribution in [0.4, 0.5) is 17.1 Å². The predicted octanol–water partition coefficient (Wildman–Crippen LogP) is 6.00. The van der Waals surface area contributed by atoms with Crippen molar-refractivity contribution < 1.29 is 0 Å². The van der Waals surface area contributed by atoms with E-state index in [-0.39, 0.29) is 5.56 Å². The molecule has 154 valence electrons. The molecule has 3 N–H and O–H groups in total. The number of allylic oxidation sites excluding steroid dienone is 2. The lowest BCUT2D eigenvalue weighted by molar-refractivity contribution is 0.737. The van der Waals surface area contributed by atoms with Crippen molar-refractivity contribution in [1.82, 2.24) is 9.97 Å². The first-order chi connectivity index (χ1) is 14.6. The smallest absolute Gasteiger partial charge is 0.261 e. The Labute approximate surface area is 184 Å². The molecule has 1 aliphatic carbocycles. The lowest BCUT2D eigenvalue weighted by Crippen LogP contribution is -2.15. The number of rotatable bonds is 5. The third-order valence-corrected chi connectivity index (χ3v) is 5.68. The Bertz CT molecular complexity index is 1200. The Morgan fingerprint density at radius 2 is 1.97 bits per heavy atom. The van der Waals surface area contributed by atoms with Gasteiger partial charge in [0.15, 0.2) is 0 Å². The molecular formula is C22H21Cl2N5O. The average Bonchev–Trinajstić information content (AvgIpc) is 2.76. The Kier molecular flexibility index (Phi) is 6.06. The SMILES string of the molecule is CNc1c(NC=Nc2c(Cl)cccc2Cl)ccc2nc(C3=CCCCC3)[nH]c(=O)c12. The van der Waals surface area contributed by atoms with Gasteiger partial charge in [-0.15, -0.1) is 0 Å². The molecule has 0 bridgehead atoms. The zero-order valence-corrected chi connectivity index (χ0v) is 17.9. The van der Waals surface area contributed by atoms with Gasteiger partial charge >= 0.3 is 0 Å². The number of para-hydroxylation sites is 1. The first-order valence-electron chi connectivity index (χ1n) is 9.75. The highest BCUT2D eigenvalue weighted by Gasteiger charge is 2.15. The zero-order valence-electron chi connectivity index (χ0n) is 16.4. The van der Waals surface area contributed by atoms with E-state index in [0.717, 1.165) is 24.8 Å². The number of hydrogen-bond donors (Lipinski definition) is 3. The van der Waals surface area contributed by atoms with Crippen LogP contribution < -0.4 is 16.2 Å². The molecular weight excluding hydrogens is 421 g/mol. The van der Waals surface area contributed by atoms with E-state index < -0.39 is 0 Å². The third kappa shape index (κ3) is 4.06. The molecule has 2 aromatic carbocycles. The topological polar surface area (TPSA) is 82.2 Å². The van der Waals surface area contributed by atoms with Crippen LogP contribution >= 0.6 is 23.2 Å². The van der Waals surface area contributed by atoms with Crippen LogP contribution in [0.25, 0.3) is 16.5 Å². The minimum atomic E-state index is -0.180. The highest BCUT2D eigenvalue weighted by molar-refractivity contribution is 6.38. The third-order valence-electron chi connectivity index (χ3n) is 5.07. The molecule has 3 aromatic rings. The highest BCUT2D eigenvalue weighted by Crippen LogP contribution is 2.33. The molecule has 8 heteroatoms. The minimum Gasteiger partial charge on any atom is -0.386 e. The van der Waals surface area contributed by atoms with Crippen LogP contribution in [-0.4, -0.2) is 23.4 Å². The molecule has 0 radical (unpaired) electrons. The van der Waals surface area contributed by atoms with Gasteiger partial charge in [0.25, 0.3) is 5.56 Å². The van der Waals surface area contributed by atoms with Crippen molar-refractivity contribution in [3.05, 3.63) is 62.6 Å². The minimum absolute atomic E-state index is 0.180. The van der Waals surface area contributed by atoms with E-state index in [0.29, 0.717) is 43.8 Å². The number of fused-ring (bicyclic) bond motifs is 1. The summed E-state index contributed by atoms with van der Waals surface area (Å²) in [4.78, 5) is 24.9. The van der Waals surface area contributed by atoms with Crippen molar-refractivity contribution in [1.29, 1.82) is 0 Å². The number of aliphatic imine (C=N–C) groups is 1. The fraction of sp³-hybridized carbons (Fsp3) is 0.227. The van der Waals surface area contributed by atoms with E-state index in [1.807, 2.05) is 12.1 Å². The number of H-pyrrole nitrogens is 1. The van der Waals surface area contributed by atoms with Crippen LogP contribution in [0.1, 0.15) is 31.5 Å². The molecule has 0 atom stereocenters. The van der Waals surface area contributed by atoms with Gasteiger partial charge in [-0.25, -0.2) is 9.98 Å². The molecule has 1 aliphatic rings. The van der Waals surface area contributed by atoms with Gasteiger partial charge in [0, 0.05) is 7.05 Å². The van der Waals surface area contributed by atoms with Crippen LogP contribution in [0.15, 0.2) is 46.2 Å². The molecule has 0 aliphatic heterocycles. The number of hydrogen-bond acceptors (Lipinski definition) is 4. The Morgan fingerprint density at radius 3 is 2.67 bits per heavy atom. The highest BCUT2D eigenvalue weighted by atomic mass is 35.5. The standard InChI is InChI=1S/C22H21Cl2N5O/c1-25-20-17(26-12-27-19-14(23)8-5-9-15(19)24)11-10-16-18(20)22(30)29-21(28-16)13-6-3-2-4-7-13/h5-6,8-12,25H,2-4,7H2,1H3,(H,26,27)(H,28,29,30). The lowest BCUT2D eigenvalue weighted by atomic mass is 9.99.